The van der Waals surface area contributed by atoms with Crippen molar-refractivity contribution in [3.8, 4) is 0 Å². The number of likely N-dealkylation sites (tertiary alicyclic amines) is 1. The molecule has 4 rings (SSSR count). The molecule has 2 aromatic rings. The first-order valence-corrected chi connectivity index (χ1v) is 13.2. The monoisotopic (exact) mass is 512 g/mol. The van der Waals surface area contributed by atoms with E-state index in [9.17, 15) is 26.8 Å². The molecule has 0 aliphatic carbocycles. The molecule has 0 saturated carbocycles. The number of carbonyl (C=O) groups excluding carboxylic acids is 2. The van der Waals surface area contributed by atoms with Gasteiger partial charge in [-0.15, -0.1) is 0 Å². The van der Waals surface area contributed by atoms with Gasteiger partial charge in [-0.1, -0.05) is 17.4 Å². The molecule has 1 aromatic heterocycles. The van der Waals surface area contributed by atoms with Gasteiger partial charge in [0.05, 0.1) is 5.69 Å². The summed E-state index contributed by atoms with van der Waals surface area (Å²) in [5, 5.41) is 2.76. The quantitative estimate of drug-likeness (QED) is 0.678. The summed E-state index contributed by atoms with van der Waals surface area (Å²) >= 11 is 0.926. The Balaban J connectivity index is 1.45. The van der Waals surface area contributed by atoms with Crippen molar-refractivity contribution < 1.29 is 26.8 Å². The van der Waals surface area contributed by atoms with Gasteiger partial charge >= 0.3 is 0 Å². The van der Waals surface area contributed by atoms with Crippen LogP contribution in [0.15, 0.2) is 16.3 Å². The number of piperidine rings is 1. The van der Waals surface area contributed by atoms with Crippen molar-refractivity contribution in [1.29, 1.82) is 0 Å². The maximum atomic E-state index is 14.4. The molecule has 0 unspecified atom stereocenters. The maximum Gasteiger partial charge on any atom is 0.259 e. The topological polar surface area (TPSA) is 99.7 Å². The molecular formula is C22H26F2N4O4S2. The number of benzene rings is 1. The minimum Gasteiger partial charge on any atom is -0.338 e. The number of halogens is 2. The van der Waals surface area contributed by atoms with Gasteiger partial charge in [-0.3, -0.25) is 9.59 Å². The fourth-order valence-corrected chi connectivity index (χ4v) is 7.79. The van der Waals surface area contributed by atoms with Gasteiger partial charge in [-0.25, -0.2) is 22.2 Å². The Hall–Kier alpha value is -2.44. The number of aromatic nitrogens is 1. The van der Waals surface area contributed by atoms with Crippen molar-refractivity contribution in [3.05, 3.63) is 40.6 Å². The predicted octanol–water partition coefficient (Wildman–Crippen LogP) is 3.31. The highest BCUT2D eigenvalue weighted by molar-refractivity contribution is 7.91. The number of aryl methyl sites for hydroxylation is 2. The van der Waals surface area contributed by atoms with E-state index in [1.165, 1.54) is 29.1 Å². The Morgan fingerprint density at radius 3 is 2.41 bits per heavy atom. The Morgan fingerprint density at radius 1 is 1.12 bits per heavy atom. The van der Waals surface area contributed by atoms with Crippen LogP contribution in [0.4, 0.5) is 13.9 Å². The number of carbonyl (C=O) groups is 2. The van der Waals surface area contributed by atoms with Gasteiger partial charge in [-0.05, 0) is 50.2 Å². The molecular weight excluding hydrogens is 486 g/mol. The molecule has 0 atom stereocenters. The molecule has 2 fully saturated rings. The second kappa shape index (κ2) is 8.97. The van der Waals surface area contributed by atoms with Crippen LogP contribution in [0.3, 0.4) is 0 Å². The standard InChI is InChI=1S/C22H26F2N4O4S2/c1-13-4-5-16(23)17(18(13)24)19(30)27-9-6-22(7-10-27)8-11-28(12-22)34(31,32)20-14(2)25-21(33-20)26-15(3)29/h4-5H,6-12H2,1-3H3,(H,25,26,29). The van der Waals surface area contributed by atoms with Crippen LogP contribution in [0.25, 0.3) is 0 Å². The molecule has 184 valence electrons. The first-order chi connectivity index (χ1) is 15.9. The number of hydrogen-bond acceptors (Lipinski definition) is 6. The van der Waals surface area contributed by atoms with Gasteiger partial charge in [0.2, 0.25) is 5.91 Å². The highest BCUT2D eigenvalue weighted by Crippen LogP contribution is 2.43. The average molecular weight is 513 g/mol. The minimum atomic E-state index is -3.79. The summed E-state index contributed by atoms with van der Waals surface area (Å²) < 4.78 is 56.7. The SMILES string of the molecule is CC(=O)Nc1nc(C)c(S(=O)(=O)N2CCC3(CCN(C(=O)c4c(F)ccc(C)c4F)CC3)C2)s1. The van der Waals surface area contributed by atoms with Crippen LogP contribution in [0, 0.1) is 30.9 Å². The number of anilines is 1. The summed E-state index contributed by atoms with van der Waals surface area (Å²) in [7, 11) is -3.79. The van der Waals surface area contributed by atoms with E-state index in [0.717, 1.165) is 17.4 Å². The molecule has 2 amide bonds. The lowest BCUT2D eigenvalue weighted by Crippen LogP contribution is -2.45. The Labute approximate surface area is 201 Å². The maximum absolute atomic E-state index is 14.4. The Morgan fingerprint density at radius 2 is 1.76 bits per heavy atom. The van der Waals surface area contributed by atoms with Gasteiger partial charge < -0.3 is 10.2 Å². The van der Waals surface area contributed by atoms with E-state index in [2.05, 4.69) is 10.3 Å². The Bertz CT molecular complexity index is 1250. The van der Waals surface area contributed by atoms with Gasteiger partial charge in [0, 0.05) is 33.1 Å². The fraction of sp³-hybridized carbons (Fsp3) is 0.500. The zero-order chi connectivity index (χ0) is 24.8. The van der Waals surface area contributed by atoms with E-state index < -0.39 is 33.1 Å². The van der Waals surface area contributed by atoms with Crippen LogP contribution in [-0.4, -0.2) is 60.6 Å². The summed E-state index contributed by atoms with van der Waals surface area (Å²) in [4.78, 5) is 29.7. The molecule has 2 aliphatic rings. The minimum absolute atomic E-state index is 0.103. The molecule has 2 aliphatic heterocycles. The first-order valence-electron chi connectivity index (χ1n) is 10.9. The number of nitrogens with one attached hydrogen (secondary N) is 1. The van der Waals surface area contributed by atoms with E-state index in [-0.39, 0.29) is 26.2 Å². The second-order valence-electron chi connectivity index (χ2n) is 9.01. The number of sulfonamides is 1. The molecule has 12 heteroatoms. The normalized spacial score (nSPS) is 18.4. The molecule has 8 nitrogen and oxygen atoms in total. The van der Waals surface area contributed by atoms with Gasteiger partial charge in [0.1, 0.15) is 17.2 Å². The number of hydrogen-bond donors (Lipinski definition) is 1. The predicted molar refractivity (Wildman–Crippen MR) is 123 cm³/mol. The highest BCUT2D eigenvalue weighted by atomic mass is 32.2. The zero-order valence-corrected chi connectivity index (χ0v) is 20.8. The van der Waals surface area contributed by atoms with Crippen LogP contribution in [-0.2, 0) is 14.8 Å². The van der Waals surface area contributed by atoms with E-state index in [0.29, 0.717) is 51.1 Å². The van der Waals surface area contributed by atoms with Crippen LogP contribution in [0.1, 0.15) is 47.8 Å². The summed E-state index contributed by atoms with van der Waals surface area (Å²) in [5.74, 6) is -2.74. The molecule has 1 spiro atoms. The smallest absolute Gasteiger partial charge is 0.259 e. The number of amides is 2. The zero-order valence-electron chi connectivity index (χ0n) is 19.2. The summed E-state index contributed by atoms with van der Waals surface area (Å²) in [6, 6.07) is 2.39. The van der Waals surface area contributed by atoms with E-state index >= 15 is 0 Å². The number of nitrogens with zero attached hydrogens (tertiary/aromatic N) is 3. The molecule has 0 radical (unpaired) electrons. The molecule has 0 bridgehead atoms. The van der Waals surface area contributed by atoms with Crippen molar-refractivity contribution in [2.45, 2.75) is 44.2 Å². The first kappa shape index (κ1) is 24.7. The summed E-state index contributed by atoms with van der Waals surface area (Å²) in [6.07, 6.45) is 1.72. The van der Waals surface area contributed by atoms with Crippen LogP contribution in [0.2, 0.25) is 0 Å². The van der Waals surface area contributed by atoms with Crippen molar-refractivity contribution >= 4 is 38.3 Å². The fourth-order valence-electron chi connectivity index (χ4n) is 4.65. The third kappa shape index (κ3) is 4.46. The van der Waals surface area contributed by atoms with Gasteiger partial charge in [0.25, 0.3) is 15.9 Å². The van der Waals surface area contributed by atoms with Gasteiger partial charge in [-0.2, -0.15) is 4.31 Å². The van der Waals surface area contributed by atoms with Crippen molar-refractivity contribution in [2.75, 3.05) is 31.5 Å². The molecule has 34 heavy (non-hydrogen) atoms. The van der Waals surface area contributed by atoms with Crippen LogP contribution in [0.5, 0.6) is 0 Å². The highest BCUT2D eigenvalue weighted by Gasteiger charge is 2.46. The van der Waals surface area contributed by atoms with Gasteiger partial charge in [0.15, 0.2) is 9.34 Å². The van der Waals surface area contributed by atoms with E-state index in [1.54, 1.807) is 6.92 Å². The molecule has 2 saturated heterocycles. The molecule has 1 N–H and O–H groups in total. The summed E-state index contributed by atoms with van der Waals surface area (Å²) in [5.41, 5.74) is -0.304. The Kier molecular flexibility index (Phi) is 6.51. The lowest BCUT2D eigenvalue weighted by molar-refractivity contribution is -0.114. The van der Waals surface area contributed by atoms with Crippen molar-refractivity contribution in [1.82, 2.24) is 14.2 Å². The third-order valence-electron chi connectivity index (χ3n) is 6.62. The van der Waals surface area contributed by atoms with Crippen LogP contribution >= 0.6 is 11.3 Å². The van der Waals surface area contributed by atoms with E-state index in [4.69, 9.17) is 0 Å². The third-order valence-corrected chi connectivity index (χ3v) is 10.1. The summed E-state index contributed by atoms with van der Waals surface area (Å²) in [6.45, 7) is 5.63. The number of rotatable bonds is 4. The largest absolute Gasteiger partial charge is 0.338 e. The average Bonchev–Trinajstić information content (AvgIpc) is 3.35. The molecule has 3 heterocycles. The lowest BCUT2D eigenvalue weighted by Gasteiger charge is -2.39. The number of thiazole rings is 1. The van der Waals surface area contributed by atoms with Crippen molar-refractivity contribution in [3.63, 3.8) is 0 Å². The lowest BCUT2D eigenvalue weighted by atomic mass is 9.77. The van der Waals surface area contributed by atoms with Crippen molar-refractivity contribution in [2.24, 2.45) is 5.41 Å². The molecule has 1 aromatic carbocycles. The van der Waals surface area contributed by atoms with E-state index in [1.807, 2.05) is 0 Å². The second-order valence-corrected chi connectivity index (χ2v) is 12.1. The van der Waals surface area contributed by atoms with Crippen LogP contribution < -0.4 is 5.32 Å².